The average Bonchev–Trinajstić information content (AvgIpc) is 3.30. The predicted octanol–water partition coefficient (Wildman–Crippen LogP) is 3.46. The molecule has 1 spiro atoms. The lowest BCUT2D eigenvalue weighted by Gasteiger charge is -2.46. The number of benzene rings is 2. The lowest BCUT2D eigenvalue weighted by atomic mass is 9.83. The molecule has 3 heterocycles. The first-order valence-electron chi connectivity index (χ1n) is 10.1. The minimum atomic E-state index is -3.61. The molecule has 3 aromatic rings. The van der Waals surface area contributed by atoms with Gasteiger partial charge in [-0.3, -0.25) is 0 Å². The van der Waals surface area contributed by atoms with Crippen LogP contribution in [-0.4, -0.2) is 37.5 Å². The molecule has 31 heavy (non-hydrogen) atoms. The Bertz CT molecular complexity index is 1280. The van der Waals surface area contributed by atoms with Crippen molar-refractivity contribution >= 4 is 15.7 Å². The van der Waals surface area contributed by atoms with Crippen LogP contribution in [0.5, 0.6) is 5.75 Å². The monoisotopic (exact) mass is 434 g/mol. The van der Waals surface area contributed by atoms with Gasteiger partial charge in [-0.15, -0.1) is 0 Å². The summed E-state index contributed by atoms with van der Waals surface area (Å²) in [7, 11) is -1.96. The van der Waals surface area contributed by atoms with E-state index in [1.807, 2.05) is 36.5 Å². The molecule has 2 aliphatic rings. The molecule has 158 valence electrons. The maximum absolute atomic E-state index is 13.1. The van der Waals surface area contributed by atoms with Crippen LogP contribution in [0.1, 0.15) is 24.1 Å². The quantitative estimate of drug-likeness (QED) is 0.682. The molecule has 1 aromatic heterocycles. The van der Waals surface area contributed by atoms with Crippen molar-refractivity contribution in [2.75, 3.05) is 25.5 Å². The van der Waals surface area contributed by atoms with Crippen molar-refractivity contribution in [3.05, 3.63) is 72.1 Å². The number of aromatic nitrogens is 1. The Morgan fingerprint density at radius 3 is 2.52 bits per heavy atom. The molecule has 0 bridgehead atoms. The summed E-state index contributed by atoms with van der Waals surface area (Å²) in [4.78, 5) is 0.220. The van der Waals surface area contributed by atoms with E-state index >= 15 is 0 Å². The van der Waals surface area contributed by atoms with Crippen LogP contribution in [0.15, 0.2) is 65.7 Å². The van der Waals surface area contributed by atoms with Gasteiger partial charge in [0.2, 0.25) is 10.0 Å². The number of piperidine rings is 1. The number of methoxy groups -OCH3 is 1. The van der Waals surface area contributed by atoms with E-state index in [4.69, 9.17) is 10.00 Å². The lowest BCUT2D eigenvalue weighted by molar-refractivity contribution is 0.247. The van der Waals surface area contributed by atoms with Crippen LogP contribution in [-0.2, 0) is 15.6 Å². The molecule has 0 atom stereocenters. The van der Waals surface area contributed by atoms with Gasteiger partial charge in [0, 0.05) is 31.0 Å². The first-order valence-corrected chi connectivity index (χ1v) is 11.6. The summed E-state index contributed by atoms with van der Waals surface area (Å²) in [5.74, 6) is 0.776. The van der Waals surface area contributed by atoms with Crippen LogP contribution in [0, 0.1) is 11.3 Å². The number of fused-ring (bicyclic) bond motifs is 4. The molecule has 2 aromatic carbocycles. The van der Waals surface area contributed by atoms with E-state index in [1.54, 1.807) is 7.11 Å². The zero-order valence-electron chi connectivity index (χ0n) is 17.1. The number of ether oxygens (including phenoxy) is 1. The van der Waals surface area contributed by atoms with E-state index in [0.717, 1.165) is 22.8 Å². The summed E-state index contributed by atoms with van der Waals surface area (Å²) < 4.78 is 35.4. The van der Waals surface area contributed by atoms with Gasteiger partial charge in [0.05, 0.1) is 40.6 Å². The predicted molar refractivity (Wildman–Crippen MR) is 117 cm³/mol. The maximum Gasteiger partial charge on any atom is 0.243 e. The molecule has 0 saturated carbocycles. The second-order valence-electron chi connectivity index (χ2n) is 7.89. The third kappa shape index (κ3) is 3.09. The Labute approximate surface area is 181 Å². The highest BCUT2D eigenvalue weighted by atomic mass is 32.2. The second-order valence-corrected chi connectivity index (χ2v) is 9.83. The zero-order valence-corrected chi connectivity index (χ0v) is 17.9. The van der Waals surface area contributed by atoms with Crippen molar-refractivity contribution in [2.24, 2.45) is 0 Å². The molecule has 1 fully saturated rings. The smallest absolute Gasteiger partial charge is 0.243 e. The summed E-state index contributed by atoms with van der Waals surface area (Å²) in [5, 5.41) is 12.7. The van der Waals surface area contributed by atoms with Gasteiger partial charge in [0.25, 0.3) is 0 Å². The molecule has 0 amide bonds. The minimum absolute atomic E-state index is 0.220. The van der Waals surface area contributed by atoms with Gasteiger partial charge >= 0.3 is 0 Å². The van der Waals surface area contributed by atoms with Crippen molar-refractivity contribution < 1.29 is 13.2 Å². The van der Waals surface area contributed by atoms with Gasteiger partial charge in [-0.2, -0.15) is 9.57 Å². The summed E-state index contributed by atoms with van der Waals surface area (Å²) in [6.45, 7) is 0.805. The van der Waals surface area contributed by atoms with E-state index < -0.39 is 10.0 Å². The maximum atomic E-state index is 13.1. The molecule has 2 aliphatic heterocycles. The van der Waals surface area contributed by atoms with Crippen LogP contribution < -0.4 is 10.1 Å². The standard InChI is InChI=1S/C23H22N4O3S/c1-30-18-6-9-21-20(15-18)25-23(22-3-2-12-27(21)22)10-13-26(14-11-23)31(28,29)19-7-4-17(16-24)5-8-19/h2-9,12,15,25H,10-11,13-14H2,1H3. The summed E-state index contributed by atoms with van der Waals surface area (Å²) in [6, 6.07) is 18.2. The molecular weight excluding hydrogens is 412 g/mol. The Kier molecular flexibility index (Phi) is 4.54. The Morgan fingerprint density at radius 1 is 1.10 bits per heavy atom. The third-order valence-corrected chi connectivity index (χ3v) is 8.19. The van der Waals surface area contributed by atoms with Crippen molar-refractivity contribution in [1.82, 2.24) is 8.87 Å². The van der Waals surface area contributed by atoms with Crippen molar-refractivity contribution in [1.29, 1.82) is 5.26 Å². The number of hydrogen-bond donors (Lipinski definition) is 1. The topological polar surface area (TPSA) is 87.4 Å². The Morgan fingerprint density at radius 2 is 1.84 bits per heavy atom. The Balaban J connectivity index is 1.43. The first-order chi connectivity index (χ1) is 15.0. The first kappa shape index (κ1) is 19.7. The highest BCUT2D eigenvalue weighted by Crippen LogP contribution is 2.44. The molecule has 7 nitrogen and oxygen atoms in total. The van der Waals surface area contributed by atoms with Gasteiger partial charge in [0.1, 0.15) is 5.75 Å². The van der Waals surface area contributed by atoms with E-state index in [0.29, 0.717) is 31.5 Å². The van der Waals surface area contributed by atoms with E-state index in [9.17, 15) is 8.42 Å². The average molecular weight is 435 g/mol. The molecule has 0 aliphatic carbocycles. The van der Waals surface area contributed by atoms with E-state index in [2.05, 4.69) is 16.0 Å². The minimum Gasteiger partial charge on any atom is -0.497 e. The number of nitriles is 1. The molecule has 0 unspecified atom stereocenters. The number of nitrogens with zero attached hydrogens (tertiary/aromatic N) is 3. The summed E-state index contributed by atoms with van der Waals surface area (Å²) >= 11 is 0. The largest absolute Gasteiger partial charge is 0.497 e. The number of nitrogens with one attached hydrogen (secondary N) is 1. The van der Waals surface area contributed by atoms with Crippen LogP contribution >= 0.6 is 0 Å². The van der Waals surface area contributed by atoms with Crippen LogP contribution in [0.4, 0.5) is 5.69 Å². The van der Waals surface area contributed by atoms with E-state index in [-0.39, 0.29) is 10.4 Å². The fraction of sp³-hybridized carbons (Fsp3) is 0.261. The van der Waals surface area contributed by atoms with Gasteiger partial charge in [-0.25, -0.2) is 8.42 Å². The van der Waals surface area contributed by atoms with Gasteiger partial charge in [0.15, 0.2) is 0 Å². The zero-order chi connectivity index (χ0) is 21.6. The summed E-state index contributed by atoms with van der Waals surface area (Å²) in [6.07, 6.45) is 3.33. The number of anilines is 1. The highest BCUT2D eigenvalue weighted by Gasteiger charge is 2.43. The highest BCUT2D eigenvalue weighted by molar-refractivity contribution is 7.89. The van der Waals surface area contributed by atoms with Crippen molar-refractivity contribution in [2.45, 2.75) is 23.3 Å². The number of hydrogen-bond acceptors (Lipinski definition) is 5. The van der Waals surface area contributed by atoms with Gasteiger partial charge in [-0.1, -0.05) is 0 Å². The van der Waals surface area contributed by atoms with Crippen molar-refractivity contribution in [3.8, 4) is 17.5 Å². The fourth-order valence-corrected chi connectivity index (χ4v) is 6.04. The van der Waals surface area contributed by atoms with Gasteiger partial charge in [-0.05, 0) is 61.4 Å². The van der Waals surface area contributed by atoms with Crippen LogP contribution in [0.3, 0.4) is 0 Å². The second kappa shape index (κ2) is 7.15. The molecule has 1 saturated heterocycles. The molecule has 5 rings (SSSR count). The molecule has 1 N–H and O–H groups in total. The fourth-order valence-electron chi connectivity index (χ4n) is 4.60. The van der Waals surface area contributed by atoms with Gasteiger partial charge < -0.3 is 14.6 Å². The normalized spacial score (nSPS) is 17.3. The molecule has 0 radical (unpaired) electrons. The summed E-state index contributed by atoms with van der Waals surface area (Å²) in [5.41, 5.74) is 3.27. The van der Waals surface area contributed by atoms with E-state index in [1.165, 1.54) is 28.6 Å². The Hall–Kier alpha value is -3.28. The molecular formula is C23H22N4O3S. The van der Waals surface area contributed by atoms with Crippen LogP contribution in [0.25, 0.3) is 5.69 Å². The number of rotatable bonds is 3. The molecule has 8 heteroatoms. The number of sulfonamides is 1. The SMILES string of the molecule is COc1ccc2c(c1)NC1(CCN(S(=O)(=O)c3ccc(C#N)cc3)CC1)c1cccn1-2. The lowest BCUT2D eigenvalue weighted by Crippen LogP contribution is -2.50. The van der Waals surface area contributed by atoms with Crippen LogP contribution in [0.2, 0.25) is 0 Å². The third-order valence-electron chi connectivity index (χ3n) is 6.27. The van der Waals surface area contributed by atoms with Crippen molar-refractivity contribution in [3.63, 3.8) is 0 Å².